The van der Waals surface area contributed by atoms with E-state index in [2.05, 4.69) is 72.8 Å². The molecule has 0 saturated carbocycles. The first-order valence-electron chi connectivity index (χ1n) is 9.93. The summed E-state index contributed by atoms with van der Waals surface area (Å²) in [5.41, 5.74) is 3.20. The molecule has 152 valence electrons. The number of hydrogen-bond donors (Lipinski definition) is 0. The maximum atomic E-state index is 6.72. The molecule has 0 aliphatic rings. The van der Waals surface area contributed by atoms with Crippen LogP contribution in [0, 0.1) is 0 Å². The maximum absolute atomic E-state index is 6.72. The standard InChI is InChI=1S/C27H21Cl2NP/c28-21-26(30-27(29)22-13-5-1-6-14-22)31(23-15-7-2-8-16-23,24-17-9-3-10-18-24)25-19-11-4-12-20-25/h1-21H/q+1/b26-21+,30-27-. The number of benzene rings is 4. The first kappa shape index (κ1) is 21.5. The van der Waals surface area contributed by atoms with Gasteiger partial charge in [0.05, 0.1) is 5.54 Å². The van der Waals surface area contributed by atoms with Crippen molar-refractivity contribution in [1.82, 2.24) is 0 Å². The molecule has 31 heavy (non-hydrogen) atoms. The van der Waals surface area contributed by atoms with Gasteiger partial charge in [0.25, 0.3) is 0 Å². The summed E-state index contributed by atoms with van der Waals surface area (Å²) in [5, 5.41) is 3.92. The molecule has 0 unspecified atom stereocenters. The Morgan fingerprint density at radius 3 is 1.29 bits per heavy atom. The molecule has 4 aromatic carbocycles. The molecule has 0 aliphatic heterocycles. The van der Waals surface area contributed by atoms with Gasteiger partial charge in [0.1, 0.15) is 21.1 Å². The Kier molecular flexibility index (Phi) is 6.99. The quantitative estimate of drug-likeness (QED) is 0.224. The van der Waals surface area contributed by atoms with Crippen molar-refractivity contribution in [3.05, 3.63) is 138 Å². The molecule has 0 amide bonds. The van der Waals surface area contributed by atoms with Crippen LogP contribution >= 0.6 is 30.5 Å². The summed E-state index contributed by atoms with van der Waals surface area (Å²) < 4.78 is 0. The van der Waals surface area contributed by atoms with E-state index in [0.29, 0.717) is 5.17 Å². The van der Waals surface area contributed by atoms with E-state index in [1.807, 2.05) is 48.5 Å². The van der Waals surface area contributed by atoms with Crippen LogP contribution in [0.25, 0.3) is 0 Å². The van der Waals surface area contributed by atoms with Crippen LogP contribution in [0.1, 0.15) is 5.56 Å². The molecule has 0 spiro atoms. The largest absolute Gasteiger partial charge is 0.211 e. The van der Waals surface area contributed by atoms with Crippen LogP contribution < -0.4 is 15.9 Å². The minimum absolute atomic E-state index is 0.416. The van der Waals surface area contributed by atoms with Gasteiger partial charge in [-0.3, -0.25) is 0 Å². The lowest BCUT2D eigenvalue weighted by atomic mass is 10.2. The van der Waals surface area contributed by atoms with Crippen LogP contribution in [0.5, 0.6) is 0 Å². The van der Waals surface area contributed by atoms with Crippen LogP contribution in [0.4, 0.5) is 0 Å². The lowest BCUT2D eigenvalue weighted by Gasteiger charge is -2.27. The fraction of sp³-hybridized carbons (Fsp3) is 0. The molecule has 4 aromatic rings. The van der Waals surface area contributed by atoms with Gasteiger partial charge in [0.2, 0.25) is 5.44 Å². The number of rotatable bonds is 6. The second kappa shape index (κ2) is 10.1. The summed E-state index contributed by atoms with van der Waals surface area (Å²) in [6.45, 7) is 0. The minimum Gasteiger partial charge on any atom is -0.199 e. The van der Waals surface area contributed by atoms with Crippen LogP contribution in [-0.4, -0.2) is 5.17 Å². The van der Waals surface area contributed by atoms with Crippen molar-refractivity contribution in [2.24, 2.45) is 4.99 Å². The molecule has 0 radical (unpaired) electrons. The van der Waals surface area contributed by atoms with Crippen LogP contribution in [0.2, 0.25) is 0 Å². The van der Waals surface area contributed by atoms with E-state index in [4.69, 9.17) is 28.2 Å². The first-order chi connectivity index (χ1) is 15.3. The zero-order valence-electron chi connectivity index (χ0n) is 16.8. The van der Waals surface area contributed by atoms with E-state index < -0.39 is 7.26 Å². The van der Waals surface area contributed by atoms with Gasteiger partial charge in [-0.25, -0.2) is 0 Å². The summed E-state index contributed by atoms with van der Waals surface area (Å²) in [5.74, 6) is 0. The lowest BCUT2D eigenvalue weighted by Crippen LogP contribution is -2.32. The van der Waals surface area contributed by atoms with E-state index >= 15 is 0 Å². The summed E-state index contributed by atoms with van der Waals surface area (Å²) in [6, 6.07) is 41.1. The Balaban J connectivity index is 2.04. The molecule has 0 fully saturated rings. The van der Waals surface area contributed by atoms with Gasteiger partial charge in [0.15, 0.2) is 7.26 Å². The molecular weight excluding hydrogens is 440 g/mol. The number of halogens is 2. The maximum Gasteiger partial charge on any atom is 0.211 e. The van der Waals surface area contributed by atoms with Gasteiger partial charge in [-0.1, -0.05) is 108 Å². The highest BCUT2D eigenvalue weighted by Gasteiger charge is 2.50. The Hall–Kier alpha value is -2.70. The molecule has 4 heteroatoms. The molecule has 0 aromatic heterocycles. The SMILES string of the molecule is Cl/C=C(\N=C(/Cl)c1ccccc1)[P+](c1ccccc1)(c1ccccc1)c1ccccc1. The zero-order chi connectivity index (χ0) is 21.5. The first-order valence-corrected chi connectivity index (χ1v) is 12.5. The second-order valence-corrected chi connectivity index (χ2v) is 10.8. The lowest BCUT2D eigenvalue weighted by molar-refractivity contribution is 1.50. The van der Waals surface area contributed by atoms with Gasteiger partial charge in [0, 0.05) is 5.56 Å². The fourth-order valence-electron chi connectivity index (χ4n) is 3.71. The van der Waals surface area contributed by atoms with Crippen molar-refractivity contribution in [2.45, 2.75) is 0 Å². The van der Waals surface area contributed by atoms with Crippen LogP contribution in [0.3, 0.4) is 0 Å². The average molecular weight is 461 g/mol. The smallest absolute Gasteiger partial charge is 0.199 e. The highest BCUT2D eigenvalue weighted by atomic mass is 35.5. The van der Waals surface area contributed by atoms with Crippen molar-refractivity contribution >= 4 is 51.5 Å². The second-order valence-electron chi connectivity index (χ2n) is 6.91. The molecule has 0 atom stereocenters. The predicted octanol–water partition coefficient (Wildman–Crippen LogP) is 6.70. The summed E-state index contributed by atoms with van der Waals surface area (Å²) >= 11 is 13.2. The van der Waals surface area contributed by atoms with Gasteiger partial charge in [-0.2, -0.15) is 4.99 Å². The molecule has 0 bridgehead atoms. The Morgan fingerprint density at radius 2 is 0.935 bits per heavy atom. The van der Waals surface area contributed by atoms with Crippen LogP contribution in [0.15, 0.2) is 137 Å². The van der Waals surface area contributed by atoms with E-state index in [0.717, 1.165) is 11.0 Å². The normalized spacial score (nSPS) is 12.6. The van der Waals surface area contributed by atoms with E-state index in [-0.39, 0.29) is 0 Å². The van der Waals surface area contributed by atoms with E-state index in [1.165, 1.54) is 15.9 Å². The van der Waals surface area contributed by atoms with E-state index in [9.17, 15) is 0 Å². The van der Waals surface area contributed by atoms with Crippen molar-refractivity contribution in [2.75, 3.05) is 0 Å². The van der Waals surface area contributed by atoms with Crippen molar-refractivity contribution in [3.8, 4) is 0 Å². The highest BCUT2D eigenvalue weighted by molar-refractivity contribution is 7.99. The van der Waals surface area contributed by atoms with Gasteiger partial charge in [-0.15, -0.1) is 0 Å². The molecule has 0 N–H and O–H groups in total. The van der Waals surface area contributed by atoms with Crippen molar-refractivity contribution in [1.29, 1.82) is 0 Å². The summed E-state index contributed by atoms with van der Waals surface area (Å²) in [7, 11) is -2.38. The number of aliphatic imine (C=N–C) groups is 1. The fourth-order valence-corrected chi connectivity index (χ4v) is 8.42. The summed E-state index contributed by atoms with van der Waals surface area (Å²) in [4.78, 5) is 4.93. The van der Waals surface area contributed by atoms with Crippen molar-refractivity contribution < 1.29 is 0 Å². The Morgan fingerprint density at radius 1 is 0.581 bits per heavy atom. The zero-order valence-corrected chi connectivity index (χ0v) is 19.2. The Labute approximate surface area is 194 Å². The van der Waals surface area contributed by atoms with Crippen molar-refractivity contribution in [3.63, 3.8) is 0 Å². The predicted molar refractivity (Wildman–Crippen MR) is 138 cm³/mol. The van der Waals surface area contributed by atoms with Crippen LogP contribution in [-0.2, 0) is 0 Å². The molecule has 0 heterocycles. The Bertz CT molecular complexity index is 1080. The monoisotopic (exact) mass is 460 g/mol. The number of hydrogen-bond acceptors (Lipinski definition) is 1. The van der Waals surface area contributed by atoms with Gasteiger partial charge < -0.3 is 0 Å². The molecule has 1 nitrogen and oxygen atoms in total. The third kappa shape index (κ3) is 4.36. The molecule has 0 aliphatic carbocycles. The molecule has 4 rings (SSSR count). The average Bonchev–Trinajstić information content (AvgIpc) is 2.86. The molecular formula is C27H21Cl2NP+. The summed E-state index contributed by atoms with van der Waals surface area (Å²) in [6.07, 6.45) is 0. The number of nitrogens with zero attached hydrogens (tertiary/aromatic N) is 1. The van der Waals surface area contributed by atoms with E-state index in [1.54, 1.807) is 5.54 Å². The highest BCUT2D eigenvalue weighted by Crippen LogP contribution is 2.63. The molecule has 0 saturated heterocycles. The van der Waals surface area contributed by atoms with Gasteiger partial charge >= 0.3 is 0 Å². The minimum atomic E-state index is -2.38. The third-order valence-corrected chi connectivity index (χ3v) is 9.89. The van der Waals surface area contributed by atoms with Gasteiger partial charge in [-0.05, 0) is 36.4 Å². The topological polar surface area (TPSA) is 12.4 Å². The third-order valence-electron chi connectivity index (χ3n) is 5.10.